The smallest absolute Gasteiger partial charge is 0.265 e. The third-order valence-electron chi connectivity index (χ3n) is 4.27. The first-order chi connectivity index (χ1) is 14.4. The molecular formula is C22H23N3O4S. The summed E-state index contributed by atoms with van der Waals surface area (Å²) in [5.41, 5.74) is 1.52. The summed E-state index contributed by atoms with van der Waals surface area (Å²) < 4.78 is 33.1. The molecule has 0 unspecified atom stereocenters. The van der Waals surface area contributed by atoms with E-state index in [9.17, 15) is 13.2 Å². The van der Waals surface area contributed by atoms with Crippen LogP contribution in [0.3, 0.4) is 0 Å². The summed E-state index contributed by atoms with van der Waals surface area (Å²) in [6.45, 7) is 3.81. The summed E-state index contributed by atoms with van der Waals surface area (Å²) in [6.07, 6.45) is 1.32. The van der Waals surface area contributed by atoms with E-state index in [-0.39, 0.29) is 16.6 Å². The minimum atomic E-state index is -3.77. The Balaban J connectivity index is 1.66. The fraction of sp³-hybridized carbons (Fsp3) is 0.182. The Labute approximate surface area is 176 Å². The number of aryl methyl sites for hydroxylation is 1. The standard InChI is InChI=1S/C22H23N3O4S/c1-3-20(29-18-8-6-7-16(2)15-18)22(26)24-17-10-12-19(13-11-17)30(27,28)25-21-9-4-5-14-23-21/h4-15,20H,3H2,1-2H3,(H,23,25)(H,24,26)/t20-/m1/s1. The molecule has 0 radical (unpaired) electrons. The molecule has 2 aromatic carbocycles. The quantitative estimate of drug-likeness (QED) is 0.569. The topological polar surface area (TPSA) is 97.4 Å². The summed E-state index contributed by atoms with van der Waals surface area (Å²) in [5, 5.41) is 2.76. The van der Waals surface area contributed by atoms with Crippen LogP contribution in [0.25, 0.3) is 0 Å². The van der Waals surface area contributed by atoms with Crippen molar-refractivity contribution in [2.24, 2.45) is 0 Å². The molecule has 8 heteroatoms. The van der Waals surface area contributed by atoms with E-state index in [1.54, 1.807) is 24.3 Å². The number of carbonyl (C=O) groups is 1. The van der Waals surface area contributed by atoms with Crippen molar-refractivity contribution < 1.29 is 17.9 Å². The lowest BCUT2D eigenvalue weighted by atomic mass is 10.2. The molecule has 3 rings (SSSR count). The van der Waals surface area contributed by atoms with E-state index < -0.39 is 16.1 Å². The molecule has 0 saturated heterocycles. The molecule has 0 spiro atoms. The van der Waals surface area contributed by atoms with Crippen LogP contribution in [0.2, 0.25) is 0 Å². The van der Waals surface area contributed by atoms with Gasteiger partial charge in [-0.25, -0.2) is 13.4 Å². The average Bonchev–Trinajstić information content (AvgIpc) is 2.73. The lowest BCUT2D eigenvalue weighted by Crippen LogP contribution is -2.32. The van der Waals surface area contributed by atoms with Gasteiger partial charge < -0.3 is 10.1 Å². The Morgan fingerprint density at radius 2 is 1.83 bits per heavy atom. The molecule has 0 aliphatic carbocycles. The zero-order valence-corrected chi connectivity index (χ0v) is 17.5. The van der Waals surface area contributed by atoms with Gasteiger partial charge in [0.05, 0.1) is 4.90 Å². The van der Waals surface area contributed by atoms with Gasteiger partial charge in [0.1, 0.15) is 11.6 Å². The van der Waals surface area contributed by atoms with Gasteiger partial charge in [-0.15, -0.1) is 0 Å². The molecule has 1 atom stereocenters. The number of hydrogen-bond acceptors (Lipinski definition) is 5. The van der Waals surface area contributed by atoms with Crippen LogP contribution in [-0.4, -0.2) is 25.4 Å². The predicted molar refractivity (Wildman–Crippen MR) is 116 cm³/mol. The van der Waals surface area contributed by atoms with Gasteiger partial charge in [-0.1, -0.05) is 25.1 Å². The number of hydrogen-bond donors (Lipinski definition) is 2. The van der Waals surface area contributed by atoms with Crippen molar-refractivity contribution >= 4 is 27.4 Å². The van der Waals surface area contributed by atoms with Crippen LogP contribution in [0.4, 0.5) is 11.5 Å². The lowest BCUT2D eigenvalue weighted by molar-refractivity contribution is -0.122. The van der Waals surface area contributed by atoms with Gasteiger partial charge in [0.15, 0.2) is 6.10 Å². The number of pyridine rings is 1. The number of benzene rings is 2. The monoisotopic (exact) mass is 425 g/mol. The molecule has 1 aromatic heterocycles. The van der Waals surface area contributed by atoms with Gasteiger partial charge in [0, 0.05) is 11.9 Å². The molecule has 7 nitrogen and oxygen atoms in total. The molecule has 0 saturated carbocycles. The second kappa shape index (κ2) is 9.41. The second-order valence-corrected chi connectivity index (χ2v) is 8.35. The Morgan fingerprint density at radius 3 is 2.47 bits per heavy atom. The third-order valence-corrected chi connectivity index (χ3v) is 5.64. The largest absolute Gasteiger partial charge is 0.481 e. The highest BCUT2D eigenvalue weighted by Crippen LogP contribution is 2.19. The SMILES string of the molecule is CC[C@@H](Oc1cccc(C)c1)C(=O)Nc1ccc(S(=O)(=O)Nc2ccccn2)cc1. The van der Waals surface area contributed by atoms with Crippen molar-refractivity contribution in [3.63, 3.8) is 0 Å². The Kier molecular flexibility index (Phi) is 6.68. The highest BCUT2D eigenvalue weighted by Gasteiger charge is 2.19. The van der Waals surface area contributed by atoms with E-state index in [0.29, 0.717) is 17.9 Å². The highest BCUT2D eigenvalue weighted by molar-refractivity contribution is 7.92. The fourth-order valence-electron chi connectivity index (χ4n) is 2.74. The van der Waals surface area contributed by atoms with Crippen molar-refractivity contribution in [1.82, 2.24) is 4.98 Å². The molecule has 1 amide bonds. The maximum Gasteiger partial charge on any atom is 0.265 e. The molecule has 1 heterocycles. The van der Waals surface area contributed by atoms with Crippen LogP contribution in [0.1, 0.15) is 18.9 Å². The van der Waals surface area contributed by atoms with Crippen LogP contribution < -0.4 is 14.8 Å². The maximum absolute atomic E-state index is 12.6. The van der Waals surface area contributed by atoms with Crippen molar-refractivity contribution in [2.75, 3.05) is 10.0 Å². The van der Waals surface area contributed by atoms with Crippen molar-refractivity contribution in [3.05, 3.63) is 78.5 Å². The van der Waals surface area contributed by atoms with Crippen molar-refractivity contribution in [2.45, 2.75) is 31.3 Å². The summed E-state index contributed by atoms with van der Waals surface area (Å²) in [6, 6.07) is 18.3. The van der Waals surface area contributed by atoms with Crippen LogP contribution in [-0.2, 0) is 14.8 Å². The minimum Gasteiger partial charge on any atom is -0.481 e. The van der Waals surface area contributed by atoms with Crippen molar-refractivity contribution in [3.8, 4) is 5.75 Å². The van der Waals surface area contributed by atoms with Crippen molar-refractivity contribution in [1.29, 1.82) is 0 Å². The molecular weight excluding hydrogens is 402 g/mol. The molecule has 2 N–H and O–H groups in total. The number of sulfonamides is 1. The lowest BCUT2D eigenvalue weighted by Gasteiger charge is -2.17. The molecule has 0 fully saturated rings. The predicted octanol–water partition coefficient (Wildman–Crippen LogP) is 3.99. The normalized spacial score (nSPS) is 12.1. The number of ether oxygens (including phenoxy) is 1. The van der Waals surface area contributed by atoms with Gasteiger partial charge in [-0.3, -0.25) is 9.52 Å². The molecule has 156 valence electrons. The minimum absolute atomic E-state index is 0.0641. The molecule has 0 bridgehead atoms. The van der Waals surface area contributed by atoms with Crippen LogP contribution >= 0.6 is 0 Å². The first-order valence-corrected chi connectivity index (χ1v) is 10.9. The maximum atomic E-state index is 12.6. The zero-order chi connectivity index (χ0) is 21.6. The van der Waals surface area contributed by atoms with E-state index in [2.05, 4.69) is 15.0 Å². The number of nitrogens with one attached hydrogen (secondary N) is 2. The molecule has 3 aromatic rings. The van der Waals surface area contributed by atoms with Gasteiger partial charge in [0.25, 0.3) is 15.9 Å². The van der Waals surface area contributed by atoms with Gasteiger partial charge in [-0.05, 0) is 67.4 Å². The Bertz CT molecular complexity index is 1100. The Hall–Kier alpha value is -3.39. The average molecular weight is 426 g/mol. The van der Waals surface area contributed by atoms with Gasteiger partial charge in [0.2, 0.25) is 0 Å². The number of anilines is 2. The third kappa shape index (κ3) is 5.57. The zero-order valence-electron chi connectivity index (χ0n) is 16.7. The Morgan fingerprint density at radius 1 is 1.07 bits per heavy atom. The van der Waals surface area contributed by atoms with E-state index in [0.717, 1.165) is 5.56 Å². The van der Waals surface area contributed by atoms with Gasteiger partial charge >= 0.3 is 0 Å². The van der Waals surface area contributed by atoms with E-state index in [4.69, 9.17) is 4.74 Å². The first-order valence-electron chi connectivity index (χ1n) is 9.45. The fourth-order valence-corrected chi connectivity index (χ4v) is 3.74. The van der Waals surface area contributed by atoms with Crippen LogP contribution in [0.5, 0.6) is 5.75 Å². The molecule has 0 aliphatic rings. The molecule has 30 heavy (non-hydrogen) atoms. The number of nitrogens with zero attached hydrogens (tertiary/aromatic N) is 1. The summed E-state index contributed by atoms with van der Waals surface area (Å²) >= 11 is 0. The second-order valence-electron chi connectivity index (χ2n) is 6.67. The number of carbonyl (C=O) groups excluding carboxylic acids is 1. The van der Waals surface area contributed by atoms with Crippen LogP contribution in [0.15, 0.2) is 77.8 Å². The van der Waals surface area contributed by atoms with Crippen LogP contribution in [0, 0.1) is 6.92 Å². The first kappa shape index (κ1) is 21.3. The van der Waals surface area contributed by atoms with E-state index >= 15 is 0 Å². The number of rotatable bonds is 8. The summed E-state index contributed by atoms with van der Waals surface area (Å²) in [5.74, 6) is 0.550. The van der Waals surface area contributed by atoms with E-state index in [1.165, 1.54) is 30.5 Å². The summed E-state index contributed by atoms with van der Waals surface area (Å²) in [7, 11) is -3.77. The number of amides is 1. The number of aromatic nitrogens is 1. The van der Waals surface area contributed by atoms with Gasteiger partial charge in [-0.2, -0.15) is 0 Å². The molecule has 0 aliphatic heterocycles. The summed E-state index contributed by atoms with van der Waals surface area (Å²) in [4.78, 5) is 16.6. The van der Waals surface area contributed by atoms with E-state index in [1.807, 2.05) is 32.0 Å². The highest BCUT2D eigenvalue weighted by atomic mass is 32.2.